The van der Waals surface area contributed by atoms with E-state index in [1.54, 1.807) is 0 Å². The second-order valence-corrected chi connectivity index (χ2v) is 4.48. The molecular weight excluding hydrogens is 202 g/mol. The third-order valence-corrected chi connectivity index (χ3v) is 3.13. The Morgan fingerprint density at radius 3 is 2.88 bits per heavy atom. The van der Waals surface area contributed by atoms with E-state index in [-0.39, 0.29) is 6.10 Å². The third-order valence-electron chi connectivity index (χ3n) is 3.13. The average Bonchev–Trinajstić information content (AvgIpc) is 2.29. The topological polar surface area (TPSA) is 55.5 Å². The second-order valence-electron chi connectivity index (χ2n) is 4.48. The molecule has 0 bridgehead atoms. The zero-order valence-corrected chi connectivity index (χ0v) is 9.65. The molecule has 0 aromatic heterocycles. The van der Waals surface area contributed by atoms with E-state index in [1.165, 1.54) is 0 Å². The predicted octanol–water partition coefficient (Wildman–Crippen LogP) is 2.18. The summed E-state index contributed by atoms with van der Waals surface area (Å²) in [6, 6.07) is 5.76. The fraction of sp³-hybridized carbons (Fsp3) is 0.538. The number of ether oxygens (including phenoxy) is 1. The summed E-state index contributed by atoms with van der Waals surface area (Å²) in [4.78, 5) is 0. The smallest absolute Gasteiger partial charge is 0.107 e. The van der Waals surface area contributed by atoms with Gasteiger partial charge in [0.2, 0.25) is 0 Å². The van der Waals surface area contributed by atoms with E-state index < -0.39 is 6.10 Å². The van der Waals surface area contributed by atoms with Gasteiger partial charge in [-0.15, -0.1) is 0 Å². The van der Waals surface area contributed by atoms with Crippen LogP contribution in [-0.4, -0.2) is 17.8 Å². The standard InChI is InChI=1S/C13H19NO2/c1-9-5-6-10(11(14)8-9)13(15)12-4-2-3-7-16-12/h5-6,8,12-13,15H,2-4,7,14H2,1H3. The maximum absolute atomic E-state index is 10.2. The number of anilines is 1. The summed E-state index contributed by atoms with van der Waals surface area (Å²) in [6.07, 6.45) is 2.42. The fourth-order valence-electron chi connectivity index (χ4n) is 2.18. The van der Waals surface area contributed by atoms with Crippen molar-refractivity contribution in [3.63, 3.8) is 0 Å². The van der Waals surface area contributed by atoms with Crippen molar-refractivity contribution in [3.8, 4) is 0 Å². The van der Waals surface area contributed by atoms with Crippen LogP contribution in [0.3, 0.4) is 0 Å². The van der Waals surface area contributed by atoms with Gasteiger partial charge in [0.05, 0.1) is 6.10 Å². The Labute approximate surface area is 96.2 Å². The maximum atomic E-state index is 10.2. The van der Waals surface area contributed by atoms with E-state index in [9.17, 15) is 5.11 Å². The zero-order chi connectivity index (χ0) is 11.5. The highest BCUT2D eigenvalue weighted by atomic mass is 16.5. The fourth-order valence-corrected chi connectivity index (χ4v) is 2.18. The molecule has 1 aromatic carbocycles. The molecule has 3 N–H and O–H groups in total. The Bertz CT molecular complexity index is 359. The van der Waals surface area contributed by atoms with Crippen LogP contribution in [0, 0.1) is 6.92 Å². The number of benzene rings is 1. The van der Waals surface area contributed by atoms with Crippen molar-refractivity contribution >= 4 is 5.69 Å². The molecule has 2 rings (SSSR count). The van der Waals surface area contributed by atoms with Crippen molar-refractivity contribution in [1.29, 1.82) is 0 Å². The normalized spacial score (nSPS) is 23.0. The van der Waals surface area contributed by atoms with Gasteiger partial charge in [-0.25, -0.2) is 0 Å². The Balaban J connectivity index is 2.15. The van der Waals surface area contributed by atoms with E-state index in [0.29, 0.717) is 5.69 Å². The number of rotatable bonds is 2. The number of hydrogen-bond acceptors (Lipinski definition) is 3. The van der Waals surface area contributed by atoms with Gasteiger partial charge in [0.15, 0.2) is 0 Å². The molecule has 1 saturated heterocycles. The molecule has 0 aliphatic carbocycles. The molecule has 2 atom stereocenters. The van der Waals surface area contributed by atoms with Crippen LogP contribution >= 0.6 is 0 Å². The van der Waals surface area contributed by atoms with Crippen molar-refractivity contribution in [2.45, 2.75) is 38.4 Å². The van der Waals surface area contributed by atoms with Crippen LogP contribution in [0.1, 0.15) is 36.5 Å². The Morgan fingerprint density at radius 2 is 2.25 bits per heavy atom. The minimum atomic E-state index is -0.596. The van der Waals surface area contributed by atoms with E-state index >= 15 is 0 Å². The third kappa shape index (κ3) is 2.36. The van der Waals surface area contributed by atoms with Gasteiger partial charge in [-0.2, -0.15) is 0 Å². The minimum absolute atomic E-state index is 0.0984. The molecular formula is C13H19NO2. The largest absolute Gasteiger partial charge is 0.398 e. The molecule has 3 nitrogen and oxygen atoms in total. The second kappa shape index (κ2) is 4.85. The lowest BCUT2D eigenvalue weighted by molar-refractivity contribution is -0.0630. The number of nitrogen functional groups attached to an aromatic ring is 1. The van der Waals surface area contributed by atoms with Gasteiger partial charge >= 0.3 is 0 Å². The number of aryl methyl sites for hydroxylation is 1. The van der Waals surface area contributed by atoms with Gasteiger partial charge in [0, 0.05) is 17.9 Å². The first-order valence-corrected chi connectivity index (χ1v) is 5.84. The number of nitrogens with two attached hydrogens (primary N) is 1. The van der Waals surface area contributed by atoms with Crippen LogP contribution in [0.25, 0.3) is 0 Å². The zero-order valence-electron chi connectivity index (χ0n) is 9.65. The summed E-state index contributed by atoms with van der Waals surface area (Å²) >= 11 is 0. The van der Waals surface area contributed by atoms with Gasteiger partial charge in [0.25, 0.3) is 0 Å². The summed E-state index contributed by atoms with van der Waals surface area (Å²) in [6.45, 7) is 2.73. The van der Waals surface area contributed by atoms with E-state index in [2.05, 4.69) is 0 Å². The Hall–Kier alpha value is -1.06. The highest BCUT2D eigenvalue weighted by molar-refractivity contribution is 5.50. The van der Waals surface area contributed by atoms with Crippen molar-refractivity contribution in [2.75, 3.05) is 12.3 Å². The quantitative estimate of drug-likeness (QED) is 0.753. The lowest BCUT2D eigenvalue weighted by Crippen LogP contribution is -2.26. The van der Waals surface area contributed by atoms with Crippen molar-refractivity contribution < 1.29 is 9.84 Å². The monoisotopic (exact) mass is 221 g/mol. The van der Waals surface area contributed by atoms with E-state index in [4.69, 9.17) is 10.5 Å². The molecule has 1 aliphatic rings. The number of aliphatic hydroxyl groups excluding tert-OH is 1. The van der Waals surface area contributed by atoms with Crippen LogP contribution in [0.5, 0.6) is 0 Å². The lowest BCUT2D eigenvalue weighted by atomic mass is 9.96. The van der Waals surface area contributed by atoms with E-state index in [0.717, 1.165) is 37.0 Å². The molecule has 2 unspecified atom stereocenters. The molecule has 16 heavy (non-hydrogen) atoms. The van der Waals surface area contributed by atoms with Crippen LogP contribution in [0.15, 0.2) is 18.2 Å². The summed E-state index contributed by atoms with van der Waals surface area (Å²) in [5.74, 6) is 0. The summed E-state index contributed by atoms with van der Waals surface area (Å²) < 4.78 is 5.57. The first kappa shape index (κ1) is 11.4. The van der Waals surface area contributed by atoms with Crippen molar-refractivity contribution in [1.82, 2.24) is 0 Å². The molecule has 0 radical (unpaired) electrons. The molecule has 0 saturated carbocycles. The first-order valence-electron chi connectivity index (χ1n) is 5.84. The average molecular weight is 221 g/mol. The molecule has 0 amide bonds. The molecule has 1 heterocycles. The van der Waals surface area contributed by atoms with E-state index in [1.807, 2.05) is 25.1 Å². The number of aliphatic hydroxyl groups is 1. The molecule has 1 aliphatic heterocycles. The van der Waals surface area contributed by atoms with Crippen LogP contribution in [-0.2, 0) is 4.74 Å². The van der Waals surface area contributed by atoms with Gasteiger partial charge in [-0.1, -0.05) is 12.1 Å². The Kier molecular flexibility index (Phi) is 3.46. The SMILES string of the molecule is Cc1ccc(C(O)C2CCCCO2)c(N)c1. The highest BCUT2D eigenvalue weighted by Gasteiger charge is 2.25. The van der Waals surface area contributed by atoms with Gasteiger partial charge in [-0.3, -0.25) is 0 Å². The highest BCUT2D eigenvalue weighted by Crippen LogP contribution is 2.29. The first-order chi connectivity index (χ1) is 7.68. The molecule has 88 valence electrons. The Morgan fingerprint density at radius 1 is 1.44 bits per heavy atom. The molecule has 1 aromatic rings. The minimum Gasteiger partial charge on any atom is -0.398 e. The molecule has 0 spiro atoms. The van der Waals surface area contributed by atoms with Gasteiger partial charge in [-0.05, 0) is 37.8 Å². The van der Waals surface area contributed by atoms with Gasteiger partial charge < -0.3 is 15.6 Å². The van der Waals surface area contributed by atoms with Crippen LogP contribution in [0.4, 0.5) is 5.69 Å². The van der Waals surface area contributed by atoms with Gasteiger partial charge in [0.1, 0.15) is 6.10 Å². The predicted molar refractivity (Wildman–Crippen MR) is 64.1 cm³/mol. The van der Waals surface area contributed by atoms with Crippen molar-refractivity contribution in [2.24, 2.45) is 0 Å². The van der Waals surface area contributed by atoms with Crippen molar-refractivity contribution in [3.05, 3.63) is 29.3 Å². The lowest BCUT2D eigenvalue weighted by Gasteiger charge is -2.28. The number of hydrogen-bond donors (Lipinski definition) is 2. The summed E-state index contributed by atoms with van der Waals surface area (Å²) in [5.41, 5.74) is 8.47. The van der Waals surface area contributed by atoms with Crippen LogP contribution < -0.4 is 5.73 Å². The molecule has 3 heteroatoms. The summed E-state index contributed by atoms with van der Waals surface area (Å²) in [7, 11) is 0. The van der Waals surface area contributed by atoms with Crippen LogP contribution in [0.2, 0.25) is 0 Å². The maximum Gasteiger partial charge on any atom is 0.107 e. The molecule has 1 fully saturated rings. The summed E-state index contributed by atoms with van der Waals surface area (Å²) in [5, 5.41) is 10.2.